The van der Waals surface area contributed by atoms with Gasteiger partial charge in [-0.3, -0.25) is 19.3 Å². The summed E-state index contributed by atoms with van der Waals surface area (Å²) >= 11 is 5.74. The molecule has 0 unspecified atom stereocenters. The molecule has 1 fully saturated rings. The number of carbonyl (C=O) groups excluding carboxylic acids is 5. The van der Waals surface area contributed by atoms with Crippen LogP contribution in [0, 0.1) is 0 Å². The van der Waals surface area contributed by atoms with Crippen LogP contribution in [0.3, 0.4) is 0 Å². The molecule has 0 bridgehead atoms. The maximum atomic E-state index is 12.6. The molecule has 0 N–H and O–H groups in total. The number of hydrogen-bond acceptors (Lipinski definition) is 15. The molecule has 1 aromatic carbocycles. The van der Waals surface area contributed by atoms with E-state index in [0.29, 0.717) is 0 Å². The molecule has 2 rings (SSSR count). The summed E-state index contributed by atoms with van der Waals surface area (Å²) < 4.78 is 60.1. The van der Waals surface area contributed by atoms with Gasteiger partial charge in [0.25, 0.3) is 0 Å². The van der Waals surface area contributed by atoms with Crippen molar-refractivity contribution in [2.24, 2.45) is 5.11 Å². The number of nitrogens with zero attached hydrogens (tertiary/aromatic N) is 4. The minimum atomic E-state index is -3.38. The van der Waals surface area contributed by atoms with Gasteiger partial charge in [-0.15, -0.1) is 11.6 Å². The predicted octanol–water partition coefficient (Wildman–Crippen LogP) is 1.88. The number of azide groups is 1. The highest BCUT2D eigenvalue weighted by molar-refractivity contribution is 7.90. The van der Waals surface area contributed by atoms with Crippen molar-refractivity contribution in [1.82, 2.24) is 4.90 Å². The molecule has 0 saturated carbocycles. The summed E-state index contributed by atoms with van der Waals surface area (Å²) in [5.41, 5.74) is 9.26. The highest BCUT2D eigenvalue weighted by Gasteiger charge is 2.56. The van der Waals surface area contributed by atoms with E-state index in [1.54, 1.807) is 0 Å². The number of benzene rings is 1. The third kappa shape index (κ3) is 11.3. The molecule has 0 aromatic heterocycles. The molecule has 1 aliphatic rings. The fourth-order valence-electron chi connectivity index (χ4n) is 3.89. The van der Waals surface area contributed by atoms with E-state index in [2.05, 4.69) is 10.0 Å². The molecular formula is C25H31ClN4O14S. The van der Waals surface area contributed by atoms with Gasteiger partial charge in [0.2, 0.25) is 12.4 Å². The quantitative estimate of drug-likeness (QED) is 0.0551. The largest absolute Gasteiger partial charge is 0.467 e. The number of esters is 4. The van der Waals surface area contributed by atoms with Crippen molar-refractivity contribution in [3.63, 3.8) is 0 Å². The predicted molar refractivity (Wildman–Crippen MR) is 151 cm³/mol. The molecule has 18 nitrogen and oxygen atoms in total. The van der Waals surface area contributed by atoms with Gasteiger partial charge in [-0.2, -0.15) is 0 Å². The molecular weight excluding hydrogens is 648 g/mol. The Hall–Kier alpha value is -4.32. The lowest BCUT2D eigenvalue weighted by atomic mass is 9.97. The minimum Gasteiger partial charge on any atom is -0.467 e. The summed E-state index contributed by atoms with van der Waals surface area (Å²) in [6.07, 6.45) is -8.22. The summed E-state index contributed by atoms with van der Waals surface area (Å²) in [4.78, 5) is 64.6. The Kier molecular flexibility index (Phi) is 13.7. The van der Waals surface area contributed by atoms with Crippen LogP contribution in [0.4, 0.5) is 10.5 Å². The standard InChI is InChI=1S/C25H31ClN4O14S/c1-13(31)40-19-20(41-14(2)32)22(42-15(3)33)24(44-21(19)23(34)38-4)43-18-7-6-16(10-17(18)28-29-27)11-39-25(35)30(12-26)8-9-45(5,36)37/h6-7,10,19-22,24H,8-9,11-12H2,1-5H3/t19-,20-,21-,22+,24+/m0/s1. The molecule has 1 aliphatic heterocycles. The van der Waals surface area contributed by atoms with Crippen molar-refractivity contribution in [3.05, 3.63) is 34.2 Å². The third-order valence-electron chi connectivity index (χ3n) is 5.75. The number of alkyl halides is 1. The smallest absolute Gasteiger partial charge is 0.411 e. The van der Waals surface area contributed by atoms with E-state index in [4.69, 9.17) is 50.3 Å². The Morgan fingerprint density at radius 3 is 2.16 bits per heavy atom. The second kappa shape index (κ2) is 16.7. The van der Waals surface area contributed by atoms with Crippen molar-refractivity contribution in [2.45, 2.75) is 58.1 Å². The Balaban J connectivity index is 2.42. The number of hydrogen-bond donors (Lipinski definition) is 0. The summed E-state index contributed by atoms with van der Waals surface area (Å²) in [7, 11) is -2.35. The first kappa shape index (κ1) is 36.9. The first-order valence-electron chi connectivity index (χ1n) is 12.8. The second-order valence-electron chi connectivity index (χ2n) is 9.35. The maximum absolute atomic E-state index is 12.6. The normalized spacial score (nSPS) is 20.9. The molecule has 1 heterocycles. The zero-order chi connectivity index (χ0) is 33.9. The van der Waals surface area contributed by atoms with E-state index < -0.39 is 70.5 Å². The van der Waals surface area contributed by atoms with Crippen LogP contribution in [0.5, 0.6) is 5.75 Å². The van der Waals surface area contributed by atoms with Gasteiger partial charge in [0.1, 0.15) is 22.2 Å². The van der Waals surface area contributed by atoms with Gasteiger partial charge < -0.3 is 33.2 Å². The number of rotatable bonds is 13. The van der Waals surface area contributed by atoms with E-state index >= 15 is 0 Å². The average Bonchev–Trinajstić information content (AvgIpc) is 2.94. The number of carbonyl (C=O) groups is 5. The van der Waals surface area contributed by atoms with Crippen molar-refractivity contribution in [3.8, 4) is 5.75 Å². The van der Waals surface area contributed by atoms with Gasteiger partial charge in [-0.25, -0.2) is 18.0 Å². The van der Waals surface area contributed by atoms with Gasteiger partial charge in [0.15, 0.2) is 18.3 Å². The molecule has 1 saturated heterocycles. The van der Waals surface area contributed by atoms with Gasteiger partial charge in [-0.1, -0.05) is 11.2 Å². The van der Waals surface area contributed by atoms with Crippen LogP contribution < -0.4 is 4.74 Å². The third-order valence-corrected chi connectivity index (χ3v) is 6.96. The van der Waals surface area contributed by atoms with Crippen molar-refractivity contribution in [1.29, 1.82) is 0 Å². The lowest BCUT2D eigenvalue weighted by Crippen LogP contribution is -2.64. The Morgan fingerprint density at radius 1 is 1.02 bits per heavy atom. The highest BCUT2D eigenvalue weighted by atomic mass is 35.5. The fourth-order valence-corrected chi connectivity index (χ4v) is 4.66. The summed E-state index contributed by atoms with van der Waals surface area (Å²) in [6, 6.07) is 3.61. The SMILES string of the molecule is COC(=O)[C@H]1O[C@@H](Oc2ccc(COC(=O)N(CCl)CCS(C)(=O)=O)cc2N=[N+]=[N-])[C@H](OC(C)=O)[C@@H](OC(C)=O)[C@@H]1OC(C)=O. The van der Waals surface area contributed by atoms with Gasteiger partial charge >= 0.3 is 30.0 Å². The Labute approximate surface area is 262 Å². The van der Waals surface area contributed by atoms with Crippen molar-refractivity contribution < 1.29 is 65.5 Å². The molecule has 1 aromatic rings. The van der Waals surface area contributed by atoms with Crippen LogP contribution in [0.2, 0.25) is 0 Å². The van der Waals surface area contributed by atoms with Gasteiger partial charge in [-0.05, 0) is 23.2 Å². The van der Waals surface area contributed by atoms with Crippen molar-refractivity contribution in [2.75, 3.05) is 31.7 Å². The minimum absolute atomic E-state index is 0.178. The van der Waals surface area contributed by atoms with E-state index in [0.717, 1.165) is 39.0 Å². The Bertz CT molecular complexity index is 1430. The zero-order valence-corrected chi connectivity index (χ0v) is 26.3. The number of sulfone groups is 1. The molecule has 45 heavy (non-hydrogen) atoms. The van der Waals surface area contributed by atoms with Gasteiger partial charge in [0.05, 0.1) is 24.6 Å². The van der Waals surface area contributed by atoms with E-state index in [9.17, 15) is 32.4 Å². The average molecular weight is 679 g/mol. The lowest BCUT2D eigenvalue weighted by Gasteiger charge is -2.43. The molecule has 20 heteroatoms. The molecule has 5 atom stereocenters. The zero-order valence-electron chi connectivity index (χ0n) is 24.7. The molecule has 0 spiro atoms. The van der Waals surface area contributed by atoms with Gasteiger partial charge in [0, 0.05) is 38.5 Å². The maximum Gasteiger partial charge on any atom is 0.411 e. The van der Waals surface area contributed by atoms with Crippen LogP contribution >= 0.6 is 11.6 Å². The topological polar surface area (TPSA) is 236 Å². The highest BCUT2D eigenvalue weighted by Crippen LogP contribution is 2.35. The second-order valence-corrected chi connectivity index (χ2v) is 11.8. The molecule has 248 valence electrons. The van der Waals surface area contributed by atoms with Crippen LogP contribution in [-0.2, 0) is 64.0 Å². The van der Waals surface area contributed by atoms with E-state index in [-0.39, 0.29) is 41.9 Å². The summed E-state index contributed by atoms with van der Waals surface area (Å²) in [5.74, 6) is -4.24. The van der Waals surface area contributed by atoms with E-state index in [1.165, 1.54) is 18.2 Å². The van der Waals surface area contributed by atoms with Crippen LogP contribution in [0.1, 0.15) is 26.3 Å². The molecule has 0 aliphatic carbocycles. The molecule has 1 amide bonds. The monoisotopic (exact) mass is 678 g/mol. The summed E-state index contributed by atoms with van der Waals surface area (Å²) in [6.45, 7) is 2.51. The lowest BCUT2D eigenvalue weighted by molar-refractivity contribution is -0.282. The first-order chi connectivity index (χ1) is 21.1. The van der Waals surface area contributed by atoms with E-state index in [1.807, 2.05) is 0 Å². The number of ether oxygens (including phenoxy) is 7. The number of amides is 1. The number of halogens is 1. The number of methoxy groups -OCH3 is 1. The molecule has 0 radical (unpaired) electrons. The summed E-state index contributed by atoms with van der Waals surface area (Å²) in [5, 5.41) is 3.55. The van der Waals surface area contributed by atoms with Crippen LogP contribution in [0.15, 0.2) is 23.3 Å². The van der Waals surface area contributed by atoms with Crippen LogP contribution in [-0.4, -0.2) is 106 Å². The van der Waals surface area contributed by atoms with Crippen molar-refractivity contribution >= 4 is 57.1 Å². The first-order valence-corrected chi connectivity index (χ1v) is 15.4. The fraction of sp³-hybridized carbons (Fsp3) is 0.560. The van der Waals surface area contributed by atoms with Crippen LogP contribution in [0.25, 0.3) is 10.4 Å². The Morgan fingerprint density at radius 2 is 1.62 bits per heavy atom.